The van der Waals surface area contributed by atoms with E-state index < -0.39 is 23.3 Å². The van der Waals surface area contributed by atoms with E-state index in [1.807, 2.05) is 0 Å². The lowest BCUT2D eigenvalue weighted by atomic mass is 9.99. The maximum atomic E-state index is 13.8. The van der Waals surface area contributed by atoms with Crippen LogP contribution in [0.1, 0.15) is 22.8 Å². The standard InChI is InChI=1S/C14H9F2NO/c15-12-7-6-10(13(16)11(12)8-17)14(18)9-4-2-1-3-5-9/h1-7,14,18H. The van der Waals surface area contributed by atoms with Crippen LogP contribution in [0, 0.1) is 23.0 Å². The summed E-state index contributed by atoms with van der Waals surface area (Å²) in [5.74, 6) is -1.95. The fourth-order valence-electron chi connectivity index (χ4n) is 1.70. The second kappa shape index (κ2) is 4.94. The van der Waals surface area contributed by atoms with Crippen molar-refractivity contribution in [2.45, 2.75) is 6.10 Å². The van der Waals surface area contributed by atoms with Crippen LogP contribution in [0.4, 0.5) is 8.78 Å². The molecule has 0 amide bonds. The molecule has 0 heterocycles. The van der Waals surface area contributed by atoms with E-state index in [9.17, 15) is 13.9 Å². The molecule has 2 aromatic carbocycles. The third-order valence-electron chi connectivity index (χ3n) is 2.64. The average molecular weight is 245 g/mol. The highest BCUT2D eigenvalue weighted by atomic mass is 19.1. The Labute approximate surface area is 103 Å². The van der Waals surface area contributed by atoms with Crippen molar-refractivity contribution in [1.29, 1.82) is 5.26 Å². The van der Waals surface area contributed by atoms with Crippen molar-refractivity contribution < 1.29 is 13.9 Å². The van der Waals surface area contributed by atoms with Gasteiger partial charge in [0.2, 0.25) is 0 Å². The maximum Gasteiger partial charge on any atom is 0.150 e. The number of benzene rings is 2. The van der Waals surface area contributed by atoms with Gasteiger partial charge in [0.25, 0.3) is 0 Å². The van der Waals surface area contributed by atoms with Crippen LogP contribution in [0.5, 0.6) is 0 Å². The Hall–Kier alpha value is -2.25. The molecular formula is C14H9F2NO. The summed E-state index contributed by atoms with van der Waals surface area (Å²) in [4.78, 5) is 0. The number of nitriles is 1. The van der Waals surface area contributed by atoms with Gasteiger partial charge >= 0.3 is 0 Å². The summed E-state index contributed by atoms with van der Waals surface area (Å²) < 4.78 is 27.0. The molecule has 0 saturated heterocycles. The molecule has 1 atom stereocenters. The van der Waals surface area contributed by atoms with E-state index in [0.717, 1.165) is 12.1 Å². The molecule has 18 heavy (non-hydrogen) atoms. The SMILES string of the molecule is N#Cc1c(F)ccc(C(O)c2ccccc2)c1F. The second-order valence-electron chi connectivity index (χ2n) is 3.75. The first-order valence-electron chi connectivity index (χ1n) is 5.26. The molecule has 0 aliphatic rings. The molecule has 0 saturated carbocycles. The van der Waals surface area contributed by atoms with Crippen LogP contribution in [0.3, 0.4) is 0 Å². The third-order valence-corrected chi connectivity index (χ3v) is 2.64. The number of hydrogen-bond donors (Lipinski definition) is 1. The predicted molar refractivity (Wildman–Crippen MR) is 61.6 cm³/mol. The van der Waals surface area contributed by atoms with E-state index in [4.69, 9.17) is 5.26 Å². The first kappa shape index (κ1) is 12.2. The highest BCUT2D eigenvalue weighted by Gasteiger charge is 2.19. The van der Waals surface area contributed by atoms with Crippen LogP contribution in [-0.2, 0) is 0 Å². The number of aliphatic hydroxyl groups is 1. The van der Waals surface area contributed by atoms with Gasteiger partial charge in [-0.25, -0.2) is 8.78 Å². The molecule has 0 bridgehead atoms. The van der Waals surface area contributed by atoms with Crippen LogP contribution in [0.25, 0.3) is 0 Å². The molecule has 4 heteroatoms. The van der Waals surface area contributed by atoms with Crippen molar-refractivity contribution in [1.82, 2.24) is 0 Å². The summed E-state index contributed by atoms with van der Waals surface area (Å²) in [5, 5.41) is 18.7. The van der Waals surface area contributed by atoms with Crippen molar-refractivity contribution in [3.63, 3.8) is 0 Å². The van der Waals surface area contributed by atoms with E-state index in [-0.39, 0.29) is 5.56 Å². The zero-order valence-electron chi connectivity index (χ0n) is 9.27. The smallest absolute Gasteiger partial charge is 0.150 e. The van der Waals surface area contributed by atoms with Gasteiger partial charge < -0.3 is 5.11 Å². The summed E-state index contributed by atoms with van der Waals surface area (Å²) in [7, 11) is 0. The highest BCUT2D eigenvalue weighted by molar-refractivity contribution is 5.40. The van der Waals surface area contributed by atoms with Gasteiger partial charge in [-0.2, -0.15) is 5.26 Å². The van der Waals surface area contributed by atoms with E-state index in [2.05, 4.69) is 0 Å². The van der Waals surface area contributed by atoms with E-state index >= 15 is 0 Å². The molecule has 0 radical (unpaired) electrons. The molecule has 2 aromatic rings. The molecule has 0 aliphatic carbocycles. The second-order valence-corrected chi connectivity index (χ2v) is 3.75. The molecule has 0 aromatic heterocycles. The van der Waals surface area contributed by atoms with Gasteiger partial charge in [-0.15, -0.1) is 0 Å². The monoisotopic (exact) mass is 245 g/mol. The summed E-state index contributed by atoms with van der Waals surface area (Å²) in [6.45, 7) is 0. The maximum absolute atomic E-state index is 13.8. The highest BCUT2D eigenvalue weighted by Crippen LogP contribution is 2.26. The first-order valence-corrected chi connectivity index (χ1v) is 5.26. The summed E-state index contributed by atoms with van der Waals surface area (Å²) >= 11 is 0. The van der Waals surface area contributed by atoms with E-state index in [1.165, 1.54) is 6.07 Å². The topological polar surface area (TPSA) is 44.0 Å². The van der Waals surface area contributed by atoms with Gasteiger partial charge in [-0.05, 0) is 11.6 Å². The molecule has 0 fully saturated rings. The van der Waals surface area contributed by atoms with E-state index in [0.29, 0.717) is 5.56 Å². The van der Waals surface area contributed by atoms with Crippen molar-refractivity contribution in [2.75, 3.05) is 0 Å². The number of aliphatic hydroxyl groups excluding tert-OH is 1. The van der Waals surface area contributed by atoms with Gasteiger partial charge in [0, 0.05) is 5.56 Å². The quantitative estimate of drug-likeness (QED) is 0.884. The van der Waals surface area contributed by atoms with Gasteiger partial charge in [-0.3, -0.25) is 0 Å². The normalized spacial score (nSPS) is 11.9. The summed E-state index contributed by atoms with van der Waals surface area (Å²) in [5.41, 5.74) is -0.312. The lowest BCUT2D eigenvalue weighted by molar-refractivity contribution is 0.214. The first-order chi connectivity index (χ1) is 8.65. The summed E-state index contributed by atoms with van der Waals surface area (Å²) in [6, 6.07) is 12.0. The predicted octanol–water partition coefficient (Wildman–Crippen LogP) is 2.92. The lowest BCUT2D eigenvalue weighted by Gasteiger charge is -2.13. The average Bonchev–Trinajstić information content (AvgIpc) is 2.40. The lowest BCUT2D eigenvalue weighted by Crippen LogP contribution is -2.05. The number of nitrogens with zero attached hydrogens (tertiary/aromatic N) is 1. The van der Waals surface area contributed by atoms with Crippen molar-refractivity contribution in [3.8, 4) is 6.07 Å². The number of halogens is 2. The number of rotatable bonds is 2. The minimum Gasteiger partial charge on any atom is -0.384 e. The van der Waals surface area contributed by atoms with Gasteiger partial charge in [0.1, 0.15) is 29.4 Å². The Kier molecular flexibility index (Phi) is 3.35. The molecule has 1 N–H and O–H groups in total. The van der Waals surface area contributed by atoms with Crippen molar-refractivity contribution >= 4 is 0 Å². The Morgan fingerprint density at radius 3 is 2.33 bits per heavy atom. The van der Waals surface area contributed by atoms with Crippen molar-refractivity contribution in [3.05, 3.63) is 70.8 Å². The molecule has 0 spiro atoms. The molecule has 2 nitrogen and oxygen atoms in total. The Balaban J connectivity index is 2.50. The Bertz CT molecular complexity index is 605. The summed E-state index contributed by atoms with van der Waals surface area (Å²) in [6.07, 6.45) is -1.22. The molecule has 90 valence electrons. The Morgan fingerprint density at radius 1 is 1.06 bits per heavy atom. The van der Waals surface area contributed by atoms with Crippen LogP contribution in [-0.4, -0.2) is 5.11 Å². The van der Waals surface area contributed by atoms with E-state index in [1.54, 1.807) is 30.3 Å². The fraction of sp³-hybridized carbons (Fsp3) is 0.0714. The zero-order valence-corrected chi connectivity index (χ0v) is 9.27. The van der Waals surface area contributed by atoms with Gasteiger partial charge in [0.15, 0.2) is 0 Å². The van der Waals surface area contributed by atoms with Crippen molar-refractivity contribution in [2.24, 2.45) is 0 Å². The van der Waals surface area contributed by atoms with Crippen LogP contribution >= 0.6 is 0 Å². The molecular weight excluding hydrogens is 236 g/mol. The molecule has 0 aliphatic heterocycles. The van der Waals surface area contributed by atoms with Crippen LogP contribution in [0.2, 0.25) is 0 Å². The largest absolute Gasteiger partial charge is 0.384 e. The van der Waals surface area contributed by atoms with Gasteiger partial charge in [-0.1, -0.05) is 36.4 Å². The molecule has 2 rings (SSSR count). The van der Waals surface area contributed by atoms with Crippen LogP contribution < -0.4 is 0 Å². The zero-order chi connectivity index (χ0) is 13.1. The van der Waals surface area contributed by atoms with Gasteiger partial charge in [0.05, 0.1) is 0 Å². The third kappa shape index (κ3) is 2.08. The Morgan fingerprint density at radius 2 is 1.72 bits per heavy atom. The minimum absolute atomic E-state index is 0.112. The molecule has 1 unspecified atom stereocenters. The van der Waals surface area contributed by atoms with Crippen LogP contribution in [0.15, 0.2) is 42.5 Å². The fourth-order valence-corrected chi connectivity index (χ4v) is 1.70. The number of hydrogen-bond acceptors (Lipinski definition) is 2. The minimum atomic E-state index is -1.22.